The van der Waals surface area contributed by atoms with E-state index in [0.29, 0.717) is 27.6 Å². The van der Waals surface area contributed by atoms with Gasteiger partial charge in [-0.05, 0) is 30.3 Å². The number of fused-ring (bicyclic) bond motifs is 1. The molecule has 0 bridgehead atoms. The second kappa shape index (κ2) is 5.86. The molecule has 0 atom stereocenters. The van der Waals surface area contributed by atoms with Crippen molar-refractivity contribution in [2.75, 3.05) is 0 Å². The fraction of sp³-hybridized carbons (Fsp3) is 0. The highest BCUT2D eigenvalue weighted by molar-refractivity contribution is 6.30. The lowest BCUT2D eigenvalue weighted by molar-refractivity contribution is 0.797. The molecule has 0 radical (unpaired) electrons. The molecule has 0 aliphatic rings. The van der Waals surface area contributed by atoms with E-state index >= 15 is 0 Å². The molecule has 116 valence electrons. The van der Waals surface area contributed by atoms with E-state index in [2.05, 4.69) is 15.1 Å². The van der Waals surface area contributed by atoms with Gasteiger partial charge in [-0.15, -0.1) is 0 Å². The van der Waals surface area contributed by atoms with Gasteiger partial charge in [-0.1, -0.05) is 35.9 Å². The fourth-order valence-electron chi connectivity index (χ4n) is 2.53. The molecule has 0 spiro atoms. The van der Waals surface area contributed by atoms with Gasteiger partial charge >= 0.3 is 0 Å². The largest absolute Gasteiger partial charge is 0.280 e. The number of hydrogen-bond donors (Lipinski definition) is 0. The van der Waals surface area contributed by atoms with Gasteiger partial charge in [0.1, 0.15) is 5.69 Å². The van der Waals surface area contributed by atoms with Gasteiger partial charge in [-0.3, -0.25) is 9.78 Å². The highest BCUT2D eigenvalue weighted by Crippen LogP contribution is 2.23. The SMILES string of the molecule is O=c1c2ccccc2c(-c2ccccn2)nn1-c1ccc(Cl)cn1. The topological polar surface area (TPSA) is 60.7 Å². The first kappa shape index (κ1) is 14.5. The van der Waals surface area contributed by atoms with Gasteiger partial charge in [0.2, 0.25) is 0 Å². The Morgan fingerprint density at radius 2 is 1.67 bits per heavy atom. The van der Waals surface area contributed by atoms with Crippen molar-refractivity contribution in [2.24, 2.45) is 0 Å². The zero-order valence-electron chi connectivity index (χ0n) is 12.4. The third-order valence-electron chi connectivity index (χ3n) is 3.64. The van der Waals surface area contributed by atoms with Crippen molar-refractivity contribution < 1.29 is 0 Å². The Balaban J connectivity index is 2.07. The van der Waals surface area contributed by atoms with Crippen LogP contribution >= 0.6 is 11.6 Å². The van der Waals surface area contributed by atoms with Crippen LogP contribution in [-0.4, -0.2) is 19.7 Å². The van der Waals surface area contributed by atoms with E-state index in [1.165, 1.54) is 10.9 Å². The monoisotopic (exact) mass is 334 g/mol. The van der Waals surface area contributed by atoms with Gasteiger partial charge in [-0.25, -0.2) is 4.98 Å². The third kappa shape index (κ3) is 2.45. The average molecular weight is 335 g/mol. The summed E-state index contributed by atoms with van der Waals surface area (Å²) in [6, 6.07) is 16.3. The molecule has 4 rings (SSSR count). The molecule has 4 aromatic rings. The first-order valence-corrected chi connectivity index (χ1v) is 7.67. The van der Waals surface area contributed by atoms with Crippen LogP contribution < -0.4 is 5.56 Å². The molecule has 0 aliphatic carbocycles. The number of nitrogens with zero attached hydrogens (tertiary/aromatic N) is 4. The normalized spacial score (nSPS) is 10.9. The molecule has 5 nitrogen and oxygen atoms in total. The van der Waals surface area contributed by atoms with Gasteiger partial charge < -0.3 is 0 Å². The maximum absolute atomic E-state index is 12.8. The zero-order valence-corrected chi connectivity index (χ0v) is 13.2. The van der Waals surface area contributed by atoms with E-state index in [-0.39, 0.29) is 5.56 Å². The van der Waals surface area contributed by atoms with E-state index in [0.717, 1.165) is 5.39 Å². The molecule has 0 saturated heterocycles. The van der Waals surface area contributed by atoms with Crippen molar-refractivity contribution in [3.63, 3.8) is 0 Å². The summed E-state index contributed by atoms with van der Waals surface area (Å²) in [5.41, 5.74) is 1.08. The van der Waals surface area contributed by atoms with Gasteiger partial charge in [0.05, 0.1) is 16.1 Å². The fourth-order valence-corrected chi connectivity index (χ4v) is 2.64. The molecule has 6 heteroatoms. The molecular weight excluding hydrogens is 324 g/mol. The van der Waals surface area contributed by atoms with Crippen molar-refractivity contribution in [3.05, 3.63) is 82.4 Å². The second-order valence-electron chi connectivity index (χ2n) is 5.16. The first-order valence-electron chi connectivity index (χ1n) is 7.29. The molecule has 0 unspecified atom stereocenters. The Morgan fingerprint density at radius 1 is 0.875 bits per heavy atom. The minimum Gasteiger partial charge on any atom is -0.267 e. The quantitative estimate of drug-likeness (QED) is 0.563. The summed E-state index contributed by atoms with van der Waals surface area (Å²) >= 11 is 5.88. The highest BCUT2D eigenvalue weighted by Gasteiger charge is 2.14. The van der Waals surface area contributed by atoms with Gasteiger partial charge in [-0.2, -0.15) is 9.78 Å². The van der Waals surface area contributed by atoms with E-state index < -0.39 is 0 Å². The zero-order chi connectivity index (χ0) is 16.5. The lowest BCUT2D eigenvalue weighted by Crippen LogP contribution is -2.23. The van der Waals surface area contributed by atoms with Crippen LogP contribution in [0, 0.1) is 0 Å². The number of benzene rings is 1. The molecular formula is C18H11ClN4O. The predicted octanol–water partition coefficient (Wildman–Crippen LogP) is 3.50. The van der Waals surface area contributed by atoms with Crippen LogP contribution in [-0.2, 0) is 0 Å². The van der Waals surface area contributed by atoms with Crippen molar-refractivity contribution in [2.45, 2.75) is 0 Å². The van der Waals surface area contributed by atoms with Crippen molar-refractivity contribution in [1.82, 2.24) is 19.7 Å². The number of aromatic nitrogens is 4. The molecule has 0 saturated carbocycles. The maximum atomic E-state index is 12.8. The molecule has 0 amide bonds. The smallest absolute Gasteiger partial charge is 0.267 e. The summed E-state index contributed by atoms with van der Waals surface area (Å²) in [7, 11) is 0. The van der Waals surface area contributed by atoms with Gasteiger partial charge in [0.15, 0.2) is 5.82 Å². The van der Waals surface area contributed by atoms with Crippen molar-refractivity contribution in [1.29, 1.82) is 0 Å². The van der Waals surface area contributed by atoms with Crippen molar-refractivity contribution >= 4 is 22.4 Å². The number of pyridine rings is 2. The minimum absolute atomic E-state index is 0.236. The Morgan fingerprint density at radius 3 is 2.38 bits per heavy atom. The Kier molecular flexibility index (Phi) is 3.55. The molecule has 0 fully saturated rings. The number of rotatable bonds is 2. The molecule has 0 aliphatic heterocycles. The molecule has 0 N–H and O–H groups in total. The van der Waals surface area contributed by atoms with Crippen LogP contribution in [0.4, 0.5) is 0 Å². The average Bonchev–Trinajstić information content (AvgIpc) is 2.64. The third-order valence-corrected chi connectivity index (χ3v) is 3.86. The Labute approximate surface area is 142 Å². The van der Waals surface area contributed by atoms with Crippen LogP contribution in [0.15, 0.2) is 71.8 Å². The van der Waals surface area contributed by atoms with E-state index in [4.69, 9.17) is 11.6 Å². The standard InChI is InChI=1S/C18H11ClN4O/c19-12-8-9-16(21-11-12)23-18(24)14-6-2-1-5-13(14)17(22-23)15-7-3-4-10-20-15/h1-11H. The summed E-state index contributed by atoms with van der Waals surface area (Å²) < 4.78 is 1.28. The van der Waals surface area contributed by atoms with Crippen LogP contribution in [0.3, 0.4) is 0 Å². The van der Waals surface area contributed by atoms with Crippen LogP contribution in [0.1, 0.15) is 0 Å². The Bertz CT molecular complexity index is 1080. The number of halogens is 1. The maximum Gasteiger partial charge on any atom is 0.280 e. The molecule has 3 heterocycles. The Hall–Kier alpha value is -3.05. The first-order chi connectivity index (χ1) is 11.7. The second-order valence-corrected chi connectivity index (χ2v) is 5.60. The lowest BCUT2D eigenvalue weighted by atomic mass is 10.1. The van der Waals surface area contributed by atoms with Gasteiger partial charge in [0.25, 0.3) is 5.56 Å². The summed E-state index contributed by atoms with van der Waals surface area (Å²) in [5.74, 6) is 0.410. The summed E-state index contributed by atoms with van der Waals surface area (Å²) in [5, 5.41) is 6.32. The van der Waals surface area contributed by atoms with E-state index in [1.807, 2.05) is 36.4 Å². The van der Waals surface area contributed by atoms with E-state index in [9.17, 15) is 4.79 Å². The van der Waals surface area contributed by atoms with Crippen molar-refractivity contribution in [3.8, 4) is 17.2 Å². The van der Waals surface area contributed by atoms with Crippen LogP contribution in [0.2, 0.25) is 5.02 Å². The molecule has 3 aromatic heterocycles. The van der Waals surface area contributed by atoms with Crippen LogP contribution in [0.25, 0.3) is 28.0 Å². The summed E-state index contributed by atoms with van der Waals surface area (Å²) in [6.07, 6.45) is 3.18. The lowest BCUT2D eigenvalue weighted by Gasteiger charge is -2.10. The van der Waals surface area contributed by atoms with Gasteiger partial charge in [0, 0.05) is 17.8 Å². The summed E-state index contributed by atoms with van der Waals surface area (Å²) in [6.45, 7) is 0. The predicted molar refractivity (Wildman–Crippen MR) is 93.4 cm³/mol. The highest BCUT2D eigenvalue weighted by atomic mass is 35.5. The summed E-state index contributed by atoms with van der Waals surface area (Å²) in [4.78, 5) is 21.4. The van der Waals surface area contributed by atoms with Crippen LogP contribution in [0.5, 0.6) is 0 Å². The number of hydrogen-bond acceptors (Lipinski definition) is 4. The minimum atomic E-state index is -0.236. The molecule has 1 aromatic carbocycles. The van der Waals surface area contributed by atoms with E-state index in [1.54, 1.807) is 24.4 Å². The molecule has 24 heavy (non-hydrogen) atoms.